The predicted octanol–water partition coefficient (Wildman–Crippen LogP) is 3.84. The molecule has 2 aliphatic rings. The van der Waals surface area contributed by atoms with Gasteiger partial charge in [-0.3, -0.25) is 10.0 Å². The Morgan fingerprint density at radius 3 is 2.71 bits per heavy atom. The number of nitrogens with zero attached hydrogens (tertiary/aromatic N) is 1. The highest BCUT2D eigenvalue weighted by Crippen LogP contribution is 2.46. The first-order valence-electron chi connectivity index (χ1n) is 9.00. The van der Waals surface area contributed by atoms with E-state index in [9.17, 15) is 4.79 Å². The molecule has 4 nitrogen and oxygen atoms in total. The minimum absolute atomic E-state index is 0.196. The molecule has 6 heteroatoms. The molecule has 0 aromatic heterocycles. The van der Waals surface area contributed by atoms with Crippen molar-refractivity contribution >= 4 is 29.4 Å². The van der Waals surface area contributed by atoms with Crippen LogP contribution in [-0.4, -0.2) is 58.4 Å². The first kappa shape index (κ1) is 20.1. The average Bonchev–Trinajstić information content (AvgIpc) is 3.16. The molecule has 0 spiro atoms. The van der Waals surface area contributed by atoms with Gasteiger partial charge in [-0.2, -0.15) is 23.5 Å². The predicted molar refractivity (Wildman–Crippen MR) is 103 cm³/mol. The number of hydrogen-bond acceptors (Lipinski definition) is 5. The van der Waals surface area contributed by atoms with E-state index in [-0.39, 0.29) is 5.91 Å². The van der Waals surface area contributed by atoms with Crippen molar-refractivity contribution in [3.05, 3.63) is 12.7 Å². The van der Waals surface area contributed by atoms with Gasteiger partial charge in [0.1, 0.15) is 0 Å². The Labute approximate surface area is 154 Å². The number of amides is 1. The van der Waals surface area contributed by atoms with Crippen molar-refractivity contribution in [2.45, 2.75) is 50.7 Å². The van der Waals surface area contributed by atoms with Gasteiger partial charge < -0.3 is 4.74 Å². The van der Waals surface area contributed by atoms with Gasteiger partial charge in [0.05, 0.1) is 12.2 Å². The van der Waals surface area contributed by atoms with E-state index in [0.29, 0.717) is 29.6 Å². The number of carbonyl (C=O) groups excluding carboxylic acids is 1. The van der Waals surface area contributed by atoms with Crippen molar-refractivity contribution < 1.29 is 14.7 Å². The van der Waals surface area contributed by atoms with Crippen molar-refractivity contribution in [1.82, 2.24) is 5.06 Å². The van der Waals surface area contributed by atoms with Gasteiger partial charge in [-0.1, -0.05) is 6.08 Å². The van der Waals surface area contributed by atoms with Gasteiger partial charge in [0.15, 0.2) is 0 Å². The lowest BCUT2D eigenvalue weighted by atomic mass is 9.79. The molecule has 2 heterocycles. The summed E-state index contributed by atoms with van der Waals surface area (Å²) in [6.45, 7) is 3.78. The zero-order valence-electron chi connectivity index (χ0n) is 14.7. The number of hydrogen-bond donors (Lipinski definition) is 1. The summed E-state index contributed by atoms with van der Waals surface area (Å²) in [7, 11) is 1.39. The fraction of sp³-hybridized carbons (Fsp3) is 0.833. The van der Waals surface area contributed by atoms with Crippen molar-refractivity contribution in [1.29, 1.82) is 0 Å². The Morgan fingerprint density at radius 2 is 2.00 bits per heavy atom. The molecule has 0 unspecified atom stereocenters. The van der Waals surface area contributed by atoms with Crippen LogP contribution in [0, 0.1) is 11.8 Å². The number of ether oxygens (including phenoxy) is 1. The van der Waals surface area contributed by atoms with Crippen LogP contribution in [0.5, 0.6) is 0 Å². The average molecular weight is 374 g/mol. The van der Waals surface area contributed by atoms with Gasteiger partial charge in [-0.05, 0) is 61.2 Å². The van der Waals surface area contributed by atoms with Crippen molar-refractivity contribution in [3.8, 4) is 0 Å². The van der Waals surface area contributed by atoms with E-state index in [2.05, 4.69) is 6.58 Å². The third kappa shape index (κ3) is 5.97. The quantitative estimate of drug-likeness (QED) is 0.244. The van der Waals surface area contributed by atoms with Crippen LogP contribution in [-0.2, 0) is 9.53 Å². The monoisotopic (exact) mass is 373 g/mol. The fourth-order valence-electron chi connectivity index (χ4n) is 3.75. The normalized spacial score (nSPS) is 28.2. The lowest BCUT2D eigenvalue weighted by Crippen LogP contribution is -2.29. The van der Waals surface area contributed by atoms with Crippen molar-refractivity contribution in [3.63, 3.8) is 0 Å². The van der Waals surface area contributed by atoms with E-state index in [1.54, 1.807) is 0 Å². The molecule has 0 aliphatic carbocycles. The Hall–Kier alpha value is -0.170. The summed E-state index contributed by atoms with van der Waals surface area (Å²) in [5.74, 6) is 5.78. The molecule has 138 valence electrons. The zero-order chi connectivity index (χ0) is 17.4. The first-order valence-corrected chi connectivity index (χ1v) is 11.3. The largest absolute Gasteiger partial charge is 0.374 e. The van der Waals surface area contributed by atoms with E-state index in [1.165, 1.54) is 37.8 Å². The molecule has 0 aromatic carbocycles. The number of hydroxylamine groups is 2. The van der Waals surface area contributed by atoms with Gasteiger partial charge in [-0.25, -0.2) is 5.06 Å². The van der Waals surface area contributed by atoms with E-state index in [4.69, 9.17) is 9.94 Å². The summed E-state index contributed by atoms with van der Waals surface area (Å²) in [6.07, 6.45) is 9.05. The number of carbonyl (C=O) groups is 1. The van der Waals surface area contributed by atoms with E-state index in [0.717, 1.165) is 30.3 Å². The molecule has 24 heavy (non-hydrogen) atoms. The molecule has 2 saturated heterocycles. The Morgan fingerprint density at radius 1 is 1.25 bits per heavy atom. The van der Waals surface area contributed by atoms with Gasteiger partial charge in [-0.15, -0.1) is 6.58 Å². The van der Waals surface area contributed by atoms with E-state index >= 15 is 0 Å². The lowest BCUT2D eigenvalue weighted by molar-refractivity contribution is -0.159. The molecule has 4 atom stereocenters. The molecule has 1 amide bonds. The minimum Gasteiger partial charge on any atom is -0.374 e. The minimum atomic E-state index is -0.196. The molecule has 0 aromatic rings. The summed E-state index contributed by atoms with van der Waals surface area (Å²) in [4.78, 5) is 11.3. The van der Waals surface area contributed by atoms with Crippen LogP contribution in [0.1, 0.15) is 38.5 Å². The first-order chi connectivity index (χ1) is 11.6. The smallest absolute Gasteiger partial charge is 0.245 e. The third-order valence-electron chi connectivity index (χ3n) is 5.02. The highest BCUT2D eigenvalue weighted by molar-refractivity contribution is 7.99. The number of thioether (sulfide) groups is 2. The van der Waals surface area contributed by atoms with Crippen LogP contribution in [0.3, 0.4) is 0 Å². The van der Waals surface area contributed by atoms with Crippen LogP contribution in [0.2, 0.25) is 0 Å². The molecular weight excluding hydrogens is 342 g/mol. The highest BCUT2D eigenvalue weighted by Gasteiger charge is 2.47. The highest BCUT2D eigenvalue weighted by atomic mass is 32.2. The summed E-state index contributed by atoms with van der Waals surface area (Å²) < 4.78 is 6.17. The van der Waals surface area contributed by atoms with Crippen LogP contribution in [0.4, 0.5) is 0 Å². The fourth-order valence-corrected chi connectivity index (χ4v) is 5.83. The second-order valence-corrected chi connectivity index (χ2v) is 9.02. The molecule has 1 N–H and O–H groups in total. The second kappa shape index (κ2) is 10.7. The van der Waals surface area contributed by atoms with E-state index in [1.807, 2.05) is 29.6 Å². The Bertz CT molecular complexity index is 406. The molecule has 2 rings (SSSR count). The SMILES string of the molecule is C=CCSCC[C@@H]1[C@H](CSCCCCC(=O)N(C)O)[C@@H]2CC[C@H]1O2. The Kier molecular flexibility index (Phi) is 9.01. The number of rotatable bonds is 12. The van der Waals surface area contributed by atoms with Gasteiger partial charge >= 0.3 is 0 Å². The standard InChI is InChI=1S/C18H31NO3S2/c1-3-10-23-12-9-14-15(17-8-7-16(14)22-17)13-24-11-5-4-6-18(20)19(2)21/h3,14-17,21H,1,4-13H2,2H3/t14-,15+,16-,17+/m1/s1. The topological polar surface area (TPSA) is 49.8 Å². The molecule has 2 fully saturated rings. The van der Waals surface area contributed by atoms with Crippen molar-refractivity contribution in [2.75, 3.05) is 30.1 Å². The zero-order valence-corrected chi connectivity index (χ0v) is 16.3. The second-order valence-electron chi connectivity index (χ2n) is 6.72. The molecule has 0 radical (unpaired) electrons. The number of fused-ring (bicyclic) bond motifs is 2. The van der Waals surface area contributed by atoms with E-state index < -0.39 is 0 Å². The van der Waals surface area contributed by atoms with Crippen LogP contribution < -0.4 is 0 Å². The van der Waals surface area contributed by atoms with Gasteiger partial charge in [0, 0.05) is 19.2 Å². The number of unbranched alkanes of at least 4 members (excludes halogenated alkanes) is 1. The Balaban J connectivity index is 1.61. The summed E-state index contributed by atoms with van der Waals surface area (Å²) in [5.41, 5.74) is 0. The molecule has 2 aliphatic heterocycles. The van der Waals surface area contributed by atoms with Crippen LogP contribution >= 0.6 is 23.5 Å². The summed E-state index contributed by atoms with van der Waals surface area (Å²) in [6, 6.07) is 0. The maximum Gasteiger partial charge on any atom is 0.245 e. The summed E-state index contributed by atoms with van der Waals surface area (Å²) >= 11 is 3.98. The molecule has 0 saturated carbocycles. The van der Waals surface area contributed by atoms with Gasteiger partial charge in [0.2, 0.25) is 5.91 Å². The summed E-state index contributed by atoms with van der Waals surface area (Å²) in [5, 5.41) is 9.71. The third-order valence-corrected chi connectivity index (χ3v) is 7.22. The van der Waals surface area contributed by atoms with Crippen molar-refractivity contribution in [2.24, 2.45) is 11.8 Å². The lowest BCUT2D eigenvalue weighted by Gasteiger charge is -2.27. The van der Waals surface area contributed by atoms with Crippen LogP contribution in [0.15, 0.2) is 12.7 Å². The van der Waals surface area contributed by atoms with Crippen LogP contribution in [0.25, 0.3) is 0 Å². The molecular formula is C18H31NO3S2. The molecule has 2 bridgehead atoms. The maximum absolute atomic E-state index is 11.3. The maximum atomic E-state index is 11.3. The van der Waals surface area contributed by atoms with Gasteiger partial charge in [0.25, 0.3) is 0 Å².